The van der Waals surface area contributed by atoms with Gasteiger partial charge < -0.3 is 14.8 Å². The first kappa shape index (κ1) is 26.7. The molecule has 0 radical (unpaired) electrons. The Hall–Kier alpha value is -2.50. The molecule has 0 atom stereocenters. The van der Waals surface area contributed by atoms with Crippen molar-refractivity contribution in [2.75, 3.05) is 13.2 Å². The molecule has 0 aliphatic carbocycles. The predicted octanol–water partition coefficient (Wildman–Crippen LogP) is 3.49. The molecule has 0 bridgehead atoms. The van der Waals surface area contributed by atoms with Crippen molar-refractivity contribution in [2.24, 2.45) is 0 Å². The second-order valence-corrected chi connectivity index (χ2v) is 9.01. The number of ether oxygens (including phenoxy) is 2. The van der Waals surface area contributed by atoms with Crippen LogP contribution in [0.25, 0.3) is 0 Å². The number of halogens is 2. The van der Waals surface area contributed by atoms with Crippen LogP contribution in [0.5, 0.6) is 5.75 Å². The van der Waals surface area contributed by atoms with E-state index in [9.17, 15) is 14.4 Å². The number of amides is 2. The van der Waals surface area contributed by atoms with Gasteiger partial charge in [-0.25, -0.2) is 0 Å². The molecular weight excluding hydrogens is 578 g/mol. The largest absolute Gasteiger partial charge is 0.482 e. The van der Waals surface area contributed by atoms with Gasteiger partial charge in [-0.15, -0.1) is 0 Å². The summed E-state index contributed by atoms with van der Waals surface area (Å²) in [5.74, 6) is -0.907. The summed E-state index contributed by atoms with van der Waals surface area (Å²) in [6, 6.07) is 13.3. The Bertz CT molecular complexity index is 982. The Labute approximate surface area is 214 Å². The lowest BCUT2D eigenvalue weighted by molar-refractivity contribution is -0.144. The summed E-state index contributed by atoms with van der Waals surface area (Å²) in [6.07, 6.45) is 0.430. The van der Waals surface area contributed by atoms with Crippen molar-refractivity contribution in [3.05, 3.63) is 62.5 Å². The van der Waals surface area contributed by atoms with Gasteiger partial charge in [-0.05, 0) is 58.3 Å². The zero-order valence-electron chi connectivity index (χ0n) is 17.8. The molecule has 2 aromatic rings. The smallest absolute Gasteiger partial charge is 0.306 e. The van der Waals surface area contributed by atoms with Crippen molar-refractivity contribution in [2.45, 2.75) is 26.2 Å². The highest BCUT2D eigenvalue weighted by atomic mass is 79.9. The SMILES string of the molecule is Cc1cc(Br)cc(Br)c1OCC(=O)NNC(=S)NC(=O)CCC(=O)OCCc1ccccc1. The molecule has 2 aromatic carbocycles. The summed E-state index contributed by atoms with van der Waals surface area (Å²) >= 11 is 11.7. The number of thiocarbonyl (C=S) groups is 1. The number of aryl methyl sites for hydroxylation is 1. The number of hydrazine groups is 1. The van der Waals surface area contributed by atoms with Crippen LogP contribution in [0.3, 0.4) is 0 Å². The van der Waals surface area contributed by atoms with Crippen LogP contribution in [-0.2, 0) is 25.5 Å². The molecule has 11 heteroatoms. The molecule has 0 saturated heterocycles. The number of carbonyl (C=O) groups is 3. The van der Waals surface area contributed by atoms with Crippen LogP contribution in [0, 0.1) is 6.92 Å². The summed E-state index contributed by atoms with van der Waals surface area (Å²) in [5, 5.41) is 2.27. The number of benzene rings is 2. The molecule has 0 fully saturated rings. The average molecular weight is 601 g/mol. The predicted molar refractivity (Wildman–Crippen MR) is 134 cm³/mol. The second-order valence-electron chi connectivity index (χ2n) is 6.83. The summed E-state index contributed by atoms with van der Waals surface area (Å²) in [7, 11) is 0. The second kappa shape index (κ2) is 13.9. The third-order valence-electron chi connectivity index (χ3n) is 4.16. The standard InChI is InChI=1S/C22H23Br2N3O5S/c1-14-11-16(23)12-17(24)21(14)32-13-19(29)26-27-22(33)25-18(28)7-8-20(30)31-10-9-15-5-3-2-4-6-15/h2-6,11-12H,7-10,13H2,1H3,(H,26,29)(H2,25,27,28,33). The lowest BCUT2D eigenvalue weighted by atomic mass is 10.2. The molecule has 2 rings (SSSR count). The molecule has 0 aromatic heterocycles. The molecule has 0 aliphatic heterocycles. The number of rotatable bonds is 9. The van der Waals surface area contributed by atoms with Gasteiger partial charge >= 0.3 is 5.97 Å². The van der Waals surface area contributed by atoms with Crippen LogP contribution in [0.2, 0.25) is 0 Å². The number of hydrogen-bond donors (Lipinski definition) is 3. The van der Waals surface area contributed by atoms with E-state index in [0.717, 1.165) is 15.6 Å². The number of esters is 1. The van der Waals surface area contributed by atoms with Crippen LogP contribution < -0.4 is 20.9 Å². The minimum atomic E-state index is -0.497. The van der Waals surface area contributed by atoms with E-state index in [1.54, 1.807) is 0 Å². The first-order valence-electron chi connectivity index (χ1n) is 9.91. The van der Waals surface area contributed by atoms with Gasteiger partial charge in [0, 0.05) is 17.3 Å². The highest BCUT2D eigenvalue weighted by molar-refractivity contribution is 9.11. The first-order valence-corrected chi connectivity index (χ1v) is 11.9. The third-order valence-corrected chi connectivity index (χ3v) is 5.41. The molecule has 0 aliphatic rings. The van der Waals surface area contributed by atoms with Crippen molar-refractivity contribution in [3.8, 4) is 5.75 Å². The quantitative estimate of drug-likeness (QED) is 0.230. The van der Waals surface area contributed by atoms with Gasteiger partial charge in [0.2, 0.25) is 5.91 Å². The molecule has 33 heavy (non-hydrogen) atoms. The summed E-state index contributed by atoms with van der Waals surface area (Å²) in [5.41, 5.74) is 6.65. The number of carbonyl (C=O) groups excluding carboxylic acids is 3. The van der Waals surface area contributed by atoms with Crippen molar-refractivity contribution in [1.29, 1.82) is 0 Å². The molecule has 0 saturated carbocycles. The van der Waals surface area contributed by atoms with E-state index in [1.807, 2.05) is 49.4 Å². The van der Waals surface area contributed by atoms with Crippen LogP contribution in [0.15, 0.2) is 51.4 Å². The normalized spacial score (nSPS) is 10.2. The van der Waals surface area contributed by atoms with Gasteiger partial charge in [0.05, 0.1) is 17.5 Å². The zero-order valence-corrected chi connectivity index (χ0v) is 21.8. The van der Waals surface area contributed by atoms with Gasteiger partial charge in [-0.3, -0.25) is 25.2 Å². The van der Waals surface area contributed by atoms with Gasteiger partial charge in [-0.2, -0.15) is 0 Å². The van der Waals surface area contributed by atoms with Crippen LogP contribution >= 0.6 is 44.1 Å². The fourth-order valence-corrected chi connectivity index (χ4v) is 4.33. The minimum Gasteiger partial charge on any atom is -0.482 e. The maximum absolute atomic E-state index is 12.0. The monoisotopic (exact) mass is 599 g/mol. The Kier molecular flexibility index (Phi) is 11.3. The van der Waals surface area contributed by atoms with E-state index in [2.05, 4.69) is 48.0 Å². The van der Waals surface area contributed by atoms with E-state index in [0.29, 0.717) is 16.6 Å². The van der Waals surface area contributed by atoms with Gasteiger partial charge in [0.1, 0.15) is 5.75 Å². The highest BCUT2D eigenvalue weighted by Crippen LogP contribution is 2.32. The summed E-state index contributed by atoms with van der Waals surface area (Å²) < 4.78 is 12.2. The Morgan fingerprint density at radius 2 is 1.73 bits per heavy atom. The van der Waals surface area contributed by atoms with Crippen molar-refractivity contribution in [3.63, 3.8) is 0 Å². The molecule has 2 amide bonds. The van der Waals surface area contributed by atoms with Gasteiger partial charge in [0.25, 0.3) is 5.91 Å². The molecule has 0 unspecified atom stereocenters. The van der Waals surface area contributed by atoms with Gasteiger partial charge in [0.15, 0.2) is 11.7 Å². The molecule has 8 nitrogen and oxygen atoms in total. The summed E-state index contributed by atoms with van der Waals surface area (Å²) in [6.45, 7) is 1.83. The number of nitrogens with one attached hydrogen (secondary N) is 3. The maximum Gasteiger partial charge on any atom is 0.306 e. The highest BCUT2D eigenvalue weighted by Gasteiger charge is 2.12. The fraction of sp³-hybridized carbons (Fsp3) is 0.273. The molecule has 176 valence electrons. The zero-order chi connectivity index (χ0) is 24.2. The van der Waals surface area contributed by atoms with Gasteiger partial charge in [-0.1, -0.05) is 46.3 Å². The van der Waals surface area contributed by atoms with Crippen LogP contribution in [0.1, 0.15) is 24.0 Å². The van der Waals surface area contributed by atoms with E-state index >= 15 is 0 Å². The van der Waals surface area contributed by atoms with Crippen molar-refractivity contribution in [1.82, 2.24) is 16.2 Å². The van der Waals surface area contributed by atoms with E-state index in [1.165, 1.54) is 0 Å². The Morgan fingerprint density at radius 3 is 2.42 bits per heavy atom. The molecule has 0 heterocycles. The molecule has 0 spiro atoms. The third kappa shape index (κ3) is 10.3. The lowest BCUT2D eigenvalue weighted by Gasteiger charge is -2.13. The first-order chi connectivity index (χ1) is 15.7. The molecular formula is C22H23Br2N3O5S. The average Bonchev–Trinajstić information content (AvgIpc) is 2.76. The maximum atomic E-state index is 12.0. The fourth-order valence-electron chi connectivity index (χ4n) is 2.61. The lowest BCUT2D eigenvalue weighted by Crippen LogP contribution is -2.49. The van der Waals surface area contributed by atoms with Crippen LogP contribution in [0.4, 0.5) is 0 Å². The Balaban J connectivity index is 1.60. The van der Waals surface area contributed by atoms with Crippen LogP contribution in [-0.4, -0.2) is 36.1 Å². The summed E-state index contributed by atoms with van der Waals surface area (Å²) in [4.78, 5) is 35.6. The molecule has 3 N–H and O–H groups in total. The van der Waals surface area contributed by atoms with Crippen molar-refractivity contribution >= 4 is 67.0 Å². The Morgan fingerprint density at radius 1 is 1.00 bits per heavy atom. The topological polar surface area (TPSA) is 106 Å². The van der Waals surface area contributed by atoms with E-state index in [-0.39, 0.29) is 31.2 Å². The van der Waals surface area contributed by atoms with E-state index in [4.69, 9.17) is 21.7 Å². The van der Waals surface area contributed by atoms with E-state index < -0.39 is 17.8 Å². The minimum absolute atomic E-state index is 0.0785. The van der Waals surface area contributed by atoms with Crippen molar-refractivity contribution < 1.29 is 23.9 Å². The number of hydrogen-bond acceptors (Lipinski definition) is 6.